The zero-order chi connectivity index (χ0) is 13.1. The molecule has 0 aliphatic carbocycles. The molecule has 2 amide bonds. The first-order valence-corrected chi connectivity index (χ1v) is 5.48. The van der Waals surface area contributed by atoms with Crippen molar-refractivity contribution in [3.05, 3.63) is 0 Å². The minimum atomic E-state index is -2.99. The third-order valence-corrected chi connectivity index (χ3v) is 2.73. The summed E-state index contributed by atoms with van der Waals surface area (Å²) in [7, 11) is 0. The summed E-state index contributed by atoms with van der Waals surface area (Å²) >= 11 is 0. The number of halogens is 2. The largest absolute Gasteiger partial charge is 0.392 e. The number of hydrogen-bond acceptors (Lipinski definition) is 3. The molecular weight excluding hydrogens is 234 g/mol. The molecule has 3 N–H and O–H groups in total. The number of carbonyl (C=O) groups is 2. The summed E-state index contributed by atoms with van der Waals surface area (Å²) in [5.74, 6) is -5.77. The van der Waals surface area contributed by atoms with Gasteiger partial charge in [0, 0.05) is 13.0 Å². The third-order valence-electron chi connectivity index (χ3n) is 2.73. The normalized spacial score (nSPS) is 25.3. The Morgan fingerprint density at radius 2 is 2.29 bits per heavy atom. The molecule has 1 aliphatic heterocycles. The Kier molecular flexibility index (Phi) is 4.39. The molecule has 1 aliphatic rings. The van der Waals surface area contributed by atoms with Crippen LogP contribution in [-0.2, 0) is 9.59 Å². The lowest BCUT2D eigenvalue weighted by Crippen LogP contribution is -2.53. The molecule has 1 heterocycles. The van der Waals surface area contributed by atoms with Gasteiger partial charge in [0.1, 0.15) is 5.92 Å². The molecule has 5 nitrogen and oxygen atoms in total. The van der Waals surface area contributed by atoms with E-state index in [-0.39, 0.29) is 13.0 Å². The SMILES string of the molecule is CCC(F)(F)CNC(=O)C1C(=O)NCCC1O. The number of nitrogens with one attached hydrogen (secondary N) is 2. The number of piperidine rings is 1. The quantitative estimate of drug-likeness (QED) is 0.596. The monoisotopic (exact) mass is 250 g/mol. The Hall–Kier alpha value is -1.24. The molecule has 98 valence electrons. The van der Waals surface area contributed by atoms with Crippen molar-refractivity contribution in [2.75, 3.05) is 13.1 Å². The molecule has 0 saturated carbocycles. The van der Waals surface area contributed by atoms with Crippen LogP contribution in [0.25, 0.3) is 0 Å². The smallest absolute Gasteiger partial charge is 0.264 e. The standard InChI is InChI=1S/C10H16F2N2O3/c1-2-10(11,12)5-14-9(17)7-6(15)3-4-13-8(7)16/h6-7,15H,2-5H2,1H3,(H,13,16)(H,14,17). The molecule has 2 unspecified atom stereocenters. The van der Waals surface area contributed by atoms with Crippen molar-refractivity contribution >= 4 is 11.8 Å². The Balaban J connectivity index is 2.54. The van der Waals surface area contributed by atoms with Crippen LogP contribution in [0.2, 0.25) is 0 Å². The molecule has 7 heteroatoms. The summed E-state index contributed by atoms with van der Waals surface area (Å²) in [6, 6.07) is 0. The van der Waals surface area contributed by atoms with Crippen LogP contribution in [0.15, 0.2) is 0 Å². The number of alkyl halides is 2. The summed E-state index contributed by atoms with van der Waals surface area (Å²) in [5, 5.41) is 13.9. The van der Waals surface area contributed by atoms with Crippen molar-refractivity contribution in [2.45, 2.75) is 31.8 Å². The maximum absolute atomic E-state index is 12.9. The lowest BCUT2D eigenvalue weighted by atomic mass is 9.94. The van der Waals surface area contributed by atoms with Crippen molar-refractivity contribution in [2.24, 2.45) is 5.92 Å². The van der Waals surface area contributed by atoms with Crippen molar-refractivity contribution in [1.29, 1.82) is 0 Å². The molecule has 0 bridgehead atoms. The molecule has 0 aromatic rings. The van der Waals surface area contributed by atoms with Crippen LogP contribution in [0.3, 0.4) is 0 Å². The second-order valence-corrected chi connectivity index (χ2v) is 4.05. The molecule has 1 saturated heterocycles. The Bertz CT molecular complexity index is 310. The first-order valence-electron chi connectivity index (χ1n) is 5.48. The average Bonchev–Trinajstić information content (AvgIpc) is 2.26. The fourth-order valence-electron chi connectivity index (χ4n) is 1.54. The highest BCUT2D eigenvalue weighted by molar-refractivity contribution is 6.01. The van der Waals surface area contributed by atoms with Gasteiger partial charge in [-0.25, -0.2) is 8.78 Å². The predicted molar refractivity (Wildman–Crippen MR) is 55.4 cm³/mol. The fraction of sp³-hybridized carbons (Fsp3) is 0.800. The number of carbonyl (C=O) groups excluding carboxylic acids is 2. The van der Waals surface area contributed by atoms with E-state index in [1.807, 2.05) is 5.32 Å². The van der Waals surface area contributed by atoms with Crippen LogP contribution in [-0.4, -0.2) is 42.0 Å². The highest BCUT2D eigenvalue weighted by atomic mass is 19.3. The first-order chi connectivity index (χ1) is 7.87. The summed E-state index contributed by atoms with van der Waals surface area (Å²) in [4.78, 5) is 22.8. The molecule has 0 radical (unpaired) electrons. The number of aliphatic hydroxyl groups is 1. The van der Waals surface area contributed by atoms with Crippen LogP contribution >= 0.6 is 0 Å². The molecule has 0 aromatic heterocycles. The Morgan fingerprint density at radius 3 is 2.82 bits per heavy atom. The first kappa shape index (κ1) is 13.8. The van der Waals surface area contributed by atoms with Crippen molar-refractivity contribution in [1.82, 2.24) is 10.6 Å². The van der Waals surface area contributed by atoms with Gasteiger partial charge in [-0.05, 0) is 6.42 Å². The Labute approximate surface area is 97.6 Å². The maximum atomic E-state index is 12.9. The van der Waals surface area contributed by atoms with Crippen LogP contribution in [0.1, 0.15) is 19.8 Å². The van der Waals surface area contributed by atoms with Crippen molar-refractivity contribution in [3.8, 4) is 0 Å². The van der Waals surface area contributed by atoms with Crippen LogP contribution < -0.4 is 10.6 Å². The number of aliphatic hydroxyl groups excluding tert-OH is 1. The zero-order valence-electron chi connectivity index (χ0n) is 9.50. The minimum absolute atomic E-state index is 0.244. The Morgan fingerprint density at radius 1 is 1.65 bits per heavy atom. The fourth-order valence-corrected chi connectivity index (χ4v) is 1.54. The minimum Gasteiger partial charge on any atom is -0.392 e. The summed E-state index contributed by atoms with van der Waals surface area (Å²) < 4.78 is 25.8. The van der Waals surface area contributed by atoms with E-state index in [4.69, 9.17) is 0 Å². The van der Waals surface area contributed by atoms with Crippen LogP contribution in [0.4, 0.5) is 8.78 Å². The average molecular weight is 250 g/mol. The van der Waals surface area contributed by atoms with Gasteiger partial charge in [0.25, 0.3) is 5.92 Å². The van der Waals surface area contributed by atoms with Crippen molar-refractivity contribution in [3.63, 3.8) is 0 Å². The van der Waals surface area contributed by atoms with E-state index in [1.54, 1.807) is 0 Å². The van der Waals surface area contributed by atoms with E-state index in [0.717, 1.165) is 0 Å². The van der Waals surface area contributed by atoms with E-state index in [9.17, 15) is 23.5 Å². The van der Waals surface area contributed by atoms with Gasteiger partial charge >= 0.3 is 0 Å². The van der Waals surface area contributed by atoms with E-state index in [2.05, 4.69) is 5.32 Å². The number of amides is 2. The third kappa shape index (κ3) is 3.62. The van der Waals surface area contributed by atoms with Gasteiger partial charge in [-0.15, -0.1) is 0 Å². The summed E-state index contributed by atoms with van der Waals surface area (Å²) in [6.45, 7) is 0.766. The highest BCUT2D eigenvalue weighted by Crippen LogP contribution is 2.17. The molecule has 0 aromatic carbocycles. The van der Waals surface area contributed by atoms with Gasteiger partial charge in [-0.3, -0.25) is 9.59 Å². The molecule has 1 fully saturated rings. The van der Waals surface area contributed by atoms with Gasteiger partial charge in [0.15, 0.2) is 0 Å². The topological polar surface area (TPSA) is 78.4 Å². The number of hydrogen-bond donors (Lipinski definition) is 3. The molecule has 0 spiro atoms. The second kappa shape index (κ2) is 5.39. The lowest BCUT2D eigenvalue weighted by molar-refractivity contribution is -0.143. The van der Waals surface area contributed by atoms with Gasteiger partial charge < -0.3 is 15.7 Å². The van der Waals surface area contributed by atoms with E-state index in [1.165, 1.54) is 6.92 Å². The van der Waals surface area contributed by atoms with E-state index < -0.39 is 42.7 Å². The predicted octanol–water partition coefficient (Wildman–Crippen LogP) is -0.355. The van der Waals surface area contributed by atoms with Crippen LogP contribution in [0.5, 0.6) is 0 Å². The van der Waals surface area contributed by atoms with Gasteiger partial charge in [-0.2, -0.15) is 0 Å². The van der Waals surface area contributed by atoms with E-state index in [0.29, 0.717) is 0 Å². The van der Waals surface area contributed by atoms with Gasteiger partial charge in [0.2, 0.25) is 11.8 Å². The van der Waals surface area contributed by atoms with Gasteiger partial charge in [-0.1, -0.05) is 6.92 Å². The molecule has 2 atom stereocenters. The van der Waals surface area contributed by atoms with Gasteiger partial charge in [0.05, 0.1) is 12.6 Å². The van der Waals surface area contributed by atoms with Crippen LogP contribution in [0, 0.1) is 5.92 Å². The molecular formula is C10H16F2N2O3. The summed E-state index contributed by atoms with van der Waals surface area (Å²) in [6.07, 6.45) is -1.26. The zero-order valence-corrected chi connectivity index (χ0v) is 9.50. The van der Waals surface area contributed by atoms with Crippen molar-refractivity contribution < 1.29 is 23.5 Å². The number of rotatable bonds is 4. The molecule has 17 heavy (non-hydrogen) atoms. The second-order valence-electron chi connectivity index (χ2n) is 4.05. The maximum Gasteiger partial charge on any atom is 0.264 e. The molecule has 1 rings (SSSR count). The highest BCUT2D eigenvalue weighted by Gasteiger charge is 2.37. The summed E-state index contributed by atoms with van der Waals surface area (Å²) in [5.41, 5.74) is 0. The van der Waals surface area contributed by atoms with E-state index >= 15 is 0 Å². The lowest BCUT2D eigenvalue weighted by Gasteiger charge is -2.27.